The minimum Gasteiger partial charge on any atom is -0.419 e. The number of hydrogen-bond donors (Lipinski definition) is 0. The molecular weight excluding hydrogens is 306 g/mol. The molecule has 1 aliphatic rings. The third-order valence-corrected chi connectivity index (χ3v) is 4.58. The van der Waals surface area contributed by atoms with Crippen molar-refractivity contribution in [2.24, 2.45) is 0 Å². The van der Waals surface area contributed by atoms with Crippen LogP contribution in [0.15, 0.2) is 45.3 Å². The van der Waals surface area contributed by atoms with Gasteiger partial charge in [-0.2, -0.15) is 0 Å². The summed E-state index contributed by atoms with van der Waals surface area (Å²) in [5.41, 5.74) is 1.53. The average molecular weight is 325 g/mol. The van der Waals surface area contributed by atoms with Crippen LogP contribution in [0.3, 0.4) is 0 Å². The summed E-state index contributed by atoms with van der Waals surface area (Å²) in [7, 11) is 1.77. The van der Waals surface area contributed by atoms with Crippen molar-refractivity contribution < 1.29 is 13.7 Å². The van der Waals surface area contributed by atoms with E-state index in [4.69, 9.17) is 13.7 Å². The lowest BCUT2D eigenvalue weighted by molar-refractivity contribution is 0.0633. The molecule has 0 unspecified atom stereocenters. The first kappa shape index (κ1) is 15.1. The van der Waals surface area contributed by atoms with Crippen molar-refractivity contribution in [3.63, 3.8) is 0 Å². The first-order valence-corrected chi connectivity index (χ1v) is 8.22. The van der Waals surface area contributed by atoms with E-state index in [0.29, 0.717) is 35.3 Å². The lowest BCUT2D eigenvalue weighted by Crippen LogP contribution is -2.19. The molecule has 0 bridgehead atoms. The molecule has 3 aromatic rings. The maximum absolute atomic E-state index is 5.84. The van der Waals surface area contributed by atoms with Crippen LogP contribution in [0.5, 0.6) is 0 Å². The van der Waals surface area contributed by atoms with Crippen LogP contribution in [0.25, 0.3) is 22.9 Å². The quantitative estimate of drug-likeness (QED) is 0.720. The van der Waals surface area contributed by atoms with Crippen LogP contribution in [-0.4, -0.2) is 28.6 Å². The van der Waals surface area contributed by atoms with Crippen molar-refractivity contribution in [1.82, 2.24) is 15.4 Å². The van der Waals surface area contributed by atoms with Gasteiger partial charge in [-0.3, -0.25) is 0 Å². The summed E-state index contributed by atoms with van der Waals surface area (Å²) in [6.45, 7) is 0. The zero-order valence-corrected chi connectivity index (χ0v) is 13.5. The topological polar surface area (TPSA) is 74.2 Å². The van der Waals surface area contributed by atoms with Gasteiger partial charge in [0.15, 0.2) is 11.5 Å². The standard InChI is InChI=1S/C18H19N3O3/c1-22-14-9-7-13(8-10-14)17-19-20-18(23-17)15-11-16(24-21-15)12-5-3-2-4-6-12/h2-6,11,13-14H,7-10H2,1H3. The highest BCUT2D eigenvalue weighted by Crippen LogP contribution is 2.34. The summed E-state index contributed by atoms with van der Waals surface area (Å²) >= 11 is 0. The van der Waals surface area contributed by atoms with Crippen LogP contribution in [0.1, 0.15) is 37.5 Å². The fourth-order valence-corrected chi connectivity index (χ4v) is 3.16. The van der Waals surface area contributed by atoms with Gasteiger partial charge in [0, 0.05) is 24.7 Å². The largest absolute Gasteiger partial charge is 0.419 e. The lowest BCUT2D eigenvalue weighted by atomic mass is 9.87. The molecule has 6 heteroatoms. The Morgan fingerprint density at radius 3 is 2.58 bits per heavy atom. The van der Waals surface area contributed by atoms with Crippen LogP contribution in [0.2, 0.25) is 0 Å². The Balaban J connectivity index is 1.50. The Bertz CT molecular complexity index is 789. The van der Waals surface area contributed by atoms with Crippen LogP contribution in [0.4, 0.5) is 0 Å². The van der Waals surface area contributed by atoms with E-state index in [2.05, 4.69) is 15.4 Å². The summed E-state index contributed by atoms with van der Waals surface area (Å²) < 4.78 is 16.6. The number of methoxy groups -OCH3 is 1. The fourth-order valence-electron chi connectivity index (χ4n) is 3.16. The van der Waals surface area contributed by atoms with Crippen LogP contribution < -0.4 is 0 Å². The molecule has 2 aromatic heterocycles. The predicted molar refractivity (Wildman–Crippen MR) is 87.2 cm³/mol. The first-order valence-electron chi connectivity index (χ1n) is 8.22. The molecule has 0 N–H and O–H groups in total. The summed E-state index contributed by atoms with van der Waals surface area (Å²) in [6, 6.07) is 11.6. The zero-order valence-electron chi connectivity index (χ0n) is 13.5. The highest BCUT2D eigenvalue weighted by atomic mass is 16.5. The van der Waals surface area contributed by atoms with E-state index in [0.717, 1.165) is 31.2 Å². The average Bonchev–Trinajstić information content (AvgIpc) is 3.32. The fraction of sp³-hybridized carbons (Fsp3) is 0.389. The minimum atomic E-state index is 0.304. The second-order valence-electron chi connectivity index (χ2n) is 6.10. The van der Waals surface area contributed by atoms with Gasteiger partial charge in [-0.25, -0.2) is 0 Å². The Morgan fingerprint density at radius 2 is 1.83 bits per heavy atom. The molecule has 1 aliphatic carbocycles. The van der Waals surface area contributed by atoms with Crippen molar-refractivity contribution in [3.8, 4) is 22.9 Å². The Labute approximate surface area is 139 Å². The van der Waals surface area contributed by atoms with E-state index >= 15 is 0 Å². The van der Waals surface area contributed by atoms with Gasteiger partial charge in [0.1, 0.15) is 0 Å². The molecular formula is C18H19N3O3. The van der Waals surface area contributed by atoms with E-state index in [-0.39, 0.29) is 0 Å². The molecule has 1 saturated carbocycles. The van der Waals surface area contributed by atoms with E-state index in [1.807, 2.05) is 36.4 Å². The Hall–Kier alpha value is -2.47. The Morgan fingerprint density at radius 1 is 1.04 bits per heavy atom. The van der Waals surface area contributed by atoms with Crippen molar-refractivity contribution in [3.05, 3.63) is 42.3 Å². The molecule has 0 amide bonds. The van der Waals surface area contributed by atoms with E-state index in [1.165, 1.54) is 0 Å². The molecule has 2 heterocycles. The molecule has 1 fully saturated rings. The zero-order chi connectivity index (χ0) is 16.4. The molecule has 24 heavy (non-hydrogen) atoms. The highest BCUT2D eigenvalue weighted by molar-refractivity contribution is 5.62. The first-order chi connectivity index (χ1) is 11.8. The number of ether oxygens (including phenoxy) is 1. The molecule has 0 saturated heterocycles. The van der Waals surface area contributed by atoms with Crippen LogP contribution in [0, 0.1) is 0 Å². The van der Waals surface area contributed by atoms with E-state index < -0.39 is 0 Å². The van der Waals surface area contributed by atoms with Gasteiger partial charge in [-0.15, -0.1) is 10.2 Å². The second-order valence-corrected chi connectivity index (χ2v) is 6.10. The van der Waals surface area contributed by atoms with Gasteiger partial charge in [-0.1, -0.05) is 35.5 Å². The van der Waals surface area contributed by atoms with Crippen molar-refractivity contribution in [2.45, 2.75) is 37.7 Å². The van der Waals surface area contributed by atoms with E-state index in [9.17, 15) is 0 Å². The number of rotatable bonds is 4. The molecule has 0 aliphatic heterocycles. The maximum atomic E-state index is 5.84. The second kappa shape index (κ2) is 6.57. The molecule has 1 aromatic carbocycles. The third kappa shape index (κ3) is 2.97. The van der Waals surface area contributed by atoms with Crippen molar-refractivity contribution in [1.29, 1.82) is 0 Å². The summed E-state index contributed by atoms with van der Waals surface area (Å²) in [5.74, 6) is 2.08. The third-order valence-electron chi connectivity index (χ3n) is 4.58. The number of aromatic nitrogens is 3. The normalized spacial score (nSPS) is 21.0. The summed E-state index contributed by atoms with van der Waals surface area (Å²) in [6.07, 6.45) is 4.43. The maximum Gasteiger partial charge on any atom is 0.269 e. The van der Waals surface area contributed by atoms with Gasteiger partial charge in [-0.05, 0) is 25.7 Å². The minimum absolute atomic E-state index is 0.304. The van der Waals surface area contributed by atoms with Crippen molar-refractivity contribution in [2.75, 3.05) is 7.11 Å². The van der Waals surface area contributed by atoms with Gasteiger partial charge >= 0.3 is 0 Å². The number of hydrogen-bond acceptors (Lipinski definition) is 6. The molecule has 4 rings (SSSR count). The number of benzene rings is 1. The van der Waals surface area contributed by atoms with Gasteiger partial charge in [0.05, 0.1) is 6.10 Å². The molecule has 6 nitrogen and oxygen atoms in total. The predicted octanol–water partition coefficient (Wildman–Crippen LogP) is 4.06. The number of nitrogens with zero attached hydrogens (tertiary/aromatic N) is 3. The van der Waals surface area contributed by atoms with Crippen LogP contribution in [-0.2, 0) is 4.74 Å². The van der Waals surface area contributed by atoms with Gasteiger partial charge < -0.3 is 13.7 Å². The molecule has 0 spiro atoms. The smallest absolute Gasteiger partial charge is 0.269 e. The molecule has 124 valence electrons. The van der Waals surface area contributed by atoms with Gasteiger partial charge in [0.25, 0.3) is 5.89 Å². The highest BCUT2D eigenvalue weighted by Gasteiger charge is 2.27. The SMILES string of the molecule is COC1CCC(c2nnc(-c3cc(-c4ccccc4)on3)o2)CC1. The van der Waals surface area contributed by atoms with Crippen molar-refractivity contribution >= 4 is 0 Å². The van der Waals surface area contributed by atoms with Crippen LogP contribution >= 0.6 is 0 Å². The Kier molecular flexibility index (Phi) is 4.13. The molecule has 0 radical (unpaired) electrons. The van der Waals surface area contributed by atoms with Gasteiger partial charge in [0.2, 0.25) is 5.89 Å². The summed E-state index contributed by atoms with van der Waals surface area (Å²) in [4.78, 5) is 0. The lowest BCUT2D eigenvalue weighted by Gasteiger charge is -2.25. The monoisotopic (exact) mass is 325 g/mol. The van der Waals surface area contributed by atoms with E-state index in [1.54, 1.807) is 7.11 Å². The molecule has 0 atom stereocenters. The summed E-state index contributed by atoms with van der Waals surface area (Å²) in [5, 5.41) is 12.4.